The number of methoxy groups -OCH3 is 2. The number of nitrogens with zero attached hydrogens (tertiary/aromatic N) is 2. The number of anilines is 1. The monoisotopic (exact) mass is 402 g/mol. The van der Waals surface area contributed by atoms with Gasteiger partial charge in [-0.25, -0.2) is 4.79 Å². The fourth-order valence-corrected chi connectivity index (χ4v) is 2.81. The van der Waals surface area contributed by atoms with E-state index in [0.717, 1.165) is 11.3 Å². The van der Waals surface area contributed by atoms with Gasteiger partial charge in [0.1, 0.15) is 12.2 Å². The zero-order valence-electron chi connectivity index (χ0n) is 16.3. The maximum absolute atomic E-state index is 12.1. The van der Waals surface area contributed by atoms with Crippen LogP contribution in [0.3, 0.4) is 0 Å². The minimum absolute atomic E-state index is 0.222. The Bertz CT molecular complexity index is 880. The van der Waals surface area contributed by atoms with E-state index in [1.807, 2.05) is 42.5 Å². The molecule has 0 N–H and O–H groups in total. The van der Waals surface area contributed by atoms with Crippen LogP contribution in [-0.4, -0.2) is 33.1 Å². The van der Waals surface area contributed by atoms with Crippen molar-refractivity contribution in [2.24, 2.45) is 5.10 Å². The summed E-state index contributed by atoms with van der Waals surface area (Å²) in [7, 11) is 4.59. The molecule has 0 saturated carbocycles. The van der Waals surface area contributed by atoms with Crippen molar-refractivity contribution in [3.05, 3.63) is 70.9 Å². The SMILES string of the molecule is CO/C=C(/C(=O)OC)c1ccccc1CO/C(C)=N/N(C)c1ccccc1Cl. The quantitative estimate of drug-likeness (QED) is 0.170. The summed E-state index contributed by atoms with van der Waals surface area (Å²) in [5.74, 6) is -0.0364. The van der Waals surface area contributed by atoms with Crippen molar-refractivity contribution in [2.75, 3.05) is 26.3 Å². The Balaban J connectivity index is 2.17. The number of benzene rings is 2. The first-order chi connectivity index (χ1) is 13.5. The molecule has 7 heteroatoms. The lowest BCUT2D eigenvalue weighted by atomic mass is 10.0. The van der Waals surface area contributed by atoms with Gasteiger partial charge in [-0.2, -0.15) is 0 Å². The van der Waals surface area contributed by atoms with Gasteiger partial charge in [0.25, 0.3) is 0 Å². The van der Waals surface area contributed by atoms with E-state index in [1.165, 1.54) is 20.5 Å². The average molecular weight is 403 g/mol. The van der Waals surface area contributed by atoms with Crippen LogP contribution in [0.25, 0.3) is 5.57 Å². The highest BCUT2D eigenvalue weighted by Crippen LogP contribution is 2.25. The van der Waals surface area contributed by atoms with Gasteiger partial charge in [-0.05, 0) is 23.3 Å². The number of halogens is 1. The lowest BCUT2D eigenvalue weighted by Crippen LogP contribution is -2.14. The number of hydrogen-bond acceptors (Lipinski definition) is 6. The molecule has 2 aromatic carbocycles. The summed E-state index contributed by atoms with van der Waals surface area (Å²) in [5.41, 5.74) is 2.55. The van der Waals surface area contributed by atoms with E-state index in [4.69, 9.17) is 25.8 Å². The molecule has 0 heterocycles. The number of ether oxygens (including phenoxy) is 3. The summed E-state index contributed by atoms with van der Waals surface area (Å²) < 4.78 is 15.7. The summed E-state index contributed by atoms with van der Waals surface area (Å²) in [6.45, 7) is 1.97. The number of carbonyl (C=O) groups excluding carboxylic acids is 1. The maximum Gasteiger partial charge on any atom is 0.341 e. The highest BCUT2D eigenvalue weighted by atomic mass is 35.5. The van der Waals surface area contributed by atoms with Crippen molar-refractivity contribution in [1.82, 2.24) is 0 Å². The first-order valence-electron chi connectivity index (χ1n) is 8.53. The lowest BCUT2D eigenvalue weighted by molar-refractivity contribution is -0.133. The highest BCUT2D eigenvalue weighted by molar-refractivity contribution is 6.33. The number of esters is 1. The van der Waals surface area contributed by atoms with Crippen molar-refractivity contribution in [1.29, 1.82) is 0 Å². The molecular formula is C21H23ClN2O4. The third-order valence-corrected chi connectivity index (χ3v) is 4.20. The van der Waals surface area contributed by atoms with Gasteiger partial charge in [-0.1, -0.05) is 48.0 Å². The van der Waals surface area contributed by atoms with Gasteiger partial charge in [0.15, 0.2) is 0 Å². The van der Waals surface area contributed by atoms with Crippen molar-refractivity contribution >= 4 is 34.7 Å². The standard InChI is InChI=1S/C21H23ClN2O4/c1-15(23-24(2)20-12-8-7-11-19(20)22)28-13-16-9-5-6-10-17(16)18(14-26-3)21(25)27-4/h5-12,14H,13H2,1-4H3/b18-14+,23-15+. The summed E-state index contributed by atoms with van der Waals surface area (Å²) in [6.07, 6.45) is 1.36. The largest absolute Gasteiger partial charge is 0.503 e. The molecule has 0 fully saturated rings. The molecule has 0 spiro atoms. The predicted octanol–water partition coefficient (Wildman–Crippen LogP) is 4.49. The van der Waals surface area contributed by atoms with Crippen molar-refractivity contribution in [3.8, 4) is 0 Å². The van der Waals surface area contributed by atoms with Gasteiger partial charge in [-0.3, -0.25) is 5.01 Å². The molecular weight excluding hydrogens is 380 g/mol. The Hall–Kier alpha value is -2.99. The zero-order valence-corrected chi connectivity index (χ0v) is 17.1. The van der Waals surface area contributed by atoms with E-state index in [0.29, 0.717) is 22.1 Å². The molecule has 0 aromatic heterocycles. The van der Waals surface area contributed by atoms with Gasteiger partial charge in [0, 0.05) is 14.0 Å². The number of carbonyl (C=O) groups is 1. The molecule has 6 nitrogen and oxygen atoms in total. The van der Waals surface area contributed by atoms with Crippen LogP contribution in [0.15, 0.2) is 59.9 Å². The molecule has 0 unspecified atom stereocenters. The number of rotatable bonds is 7. The van der Waals surface area contributed by atoms with Crippen LogP contribution < -0.4 is 5.01 Å². The molecule has 0 bridgehead atoms. The predicted molar refractivity (Wildman–Crippen MR) is 111 cm³/mol. The molecule has 0 radical (unpaired) electrons. The van der Waals surface area contributed by atoms with Crippen LogP contribution in [0.1, 0.15) is 18.1 Å². The second-order valence-electron chi connectivity index (χ2n) is 5.80. The second-order valence-corrected chi connectivity index (χ2v) is 6.21. The lowest BCUT2D eigenvalue weighted by Gasteiger charge is -2.17. The molecule has 0 aliphatic heterocycles. The highest BCUT2D eigenvalue weighted by Gasteiger charge is 2.17. The topological polar surface area (TPSA) is 60.4 Å². The average Bonchev–Trinajstić information content (AvgIpc) is 2.70. The summed E-state index contributed by atoms with van der Waals surface area (Å²) in [5, 5.41) is 6.64. The first kappa shape index (κ1) is 21.3. The number of hydrazone groups is 1. The van der Waals surface area contributed by atoms with Gasteiger partial charge in [-0.15, -0.1) is 5.10 Å². The minimum Gasteiger partial charge on any atom is -0.503 e. The van der Waals surface area contributed by atoms with E-state index >= 15 is 0 Å². The van der Waals surface area contributed by atoms with E-state index < -0.39 is 5.97 Å². The Morgan fingerprint density at radius 1 is 1.14 bits per heavy atom. The van der Waals surface area contributed by atoms with Crippen LogP contribution in [0, 0.1) is 0 Å². The summed E-state index contributed by atoms with van der Waals surface area (Å²) in [4.78, 5) is 12.1. The molecule has 0 saturated heterocycles. The Kier molecular flexibility index (Phi) is 7.89. The minimum atomic E-state index is -0.488. The Labute approximate surface area is 170 Å². The van der Waals surface area contributed by atoms with Crippen LogP contribution in [-0.2, 0) is 25.6 Å². The van der Waals surface area contributed by atoms with E-state index in [1.54, 1.807) is 25.0 Å². The van der Waals surface area contributed by atoms with Gasteiger partial charge in [0.05, 0.1) is 31.2 Å². The van der Waals surface area contributed by atoms with E-state index in [-0.39, 0.29) is 6.61 Å². The molecule has 0 atom stereocenters. The first-order valence-corrected chi connectivity index (χ1v) is 8.91. The van der Waals surface area contributed by atoms with Crippen molar-refractivity contribution < 1.29 is 19.0 Å². The fourth-order valence-electron chi connectivity index (χ4n) is 2.55. The summed E-state index contributed by atoms with van der Waals surface area (Å²) in [6, 6.07) is 14.8. The van der Waals surface area contributed by atoms with Gasteiger partial charge in [0.2, 0.25) is 5.90 Å². The van der Waals surface area contributed by atoms with E-state index in [9.17, 15) is 4.79 Å². The van der Waals surface area contributed by atoms with Crippen molar-refractivity contribution in [3.63, 3.8) is 0 Å². The normalized spacial score (nSPS) is 11.8. The van der Waals surface area contributed by atoms with E-state index in [2.05, 4.69) is 5.10 Å². The zero-order chi connectivity index (χ0) is 20.5. The molecule has 0 aliphatic carbocycles. The van der Waals surface area contributed by atoms with Gasteiger partial charge < -0.3 is 14.2 Å². The Morgan fingerprint density at radius 3 is 2.50 bits per heavy atom. The molecule has 0 amide bonds. The van der Waals surface area contributed by atoms with Crippen molar-refractivity contribution in [2.45, 2.75) is 13.5 Å². The second kappa shape index (κ2) is 10.4. The molecule has 2 aromatic rings. The van der Waals surface area contributed by atoms with Crippen LogP contribution >= 0.6 is 11.6 Å². The van der Waals surface area contributed by atoms with Gasteiger partial charge >= 0.3 is 5.97 Å². The molecule has 0 aliphatic rings. The number of para-hydroxylation sites is 1. The van der Waals surface area contributed by atoms with Crippen LogP contribution in [0.5, 0.6) is 0 Å². The molecule has 2 rings (SSSR count). The third kappa shape index (κ3) is 5.50. The third-order valence-electron chi connectivity index (χ3n) is 3.88. The Morgan fingerprint density at radius 2 is 1.82 bits per heavy atom. The number of hydrogen-bond donors (Lipinski definition) is 0. The molecule has 148 valence electrons. The smallest absolute Gasteiger partial charge is 0.341 e. The van der Waals surface area contributed by atoms with Crippen LogP contribution in [0.2, 0.25) is 5.02 Å². The van der Waals surface area contributed by atoms with Crippen LogP contribution in [0.4, 0.5) is 5.69 Å². The molecule has 28 heavy (non-hydrogen) atoms. The summed E-state index contributed by atoms with van der Waals surface area (Å²) >= 11 is 6.19. The fraction of sp³-hybridized carbons (Fsp3) is 0.238. The maximum atomic E-state index is 12.1.